The van der Waals surface area contributed by atoms with Gasteiger partial charge in [-0.15, -0.1) is 0 Å². The van der Waals surface area contributed by atoms with Crippen molar-refractivity contribution >= 4 is 11.6 Å². The number of benzene rings is 2. The molecule has 0 bridgehead atoms. The van der Waals surface area contributed by atoms with Crippen LogP contribution in [0.1, 0.15) is 60.2 Å². The molecule has 2 aromatic rings. The van der Waals surface area contributed by atoms with E-state index in [1.165, 1.54) is 0 Å². The maximum Gasteiger partial charge on any atom is 0.233 e. The van der Waals surface area contributed by atoms with Gasteiger partial charge in [0.2, 0.25) is 11.6 Å². The van der Waals surface area contributed by atoms with Crippen molar-refractivity contribution in [3.8, 4) is 11.5 Å². The van der Waals surface area contributed by atoms with Gasteiger partial charge in [-0.25, -0.2) is 0 Å². The van der Waals surface area contributed by atoms with Crippen molar-refractivity contribution in [2.75, 3.05) is 13.2 Å². The molecule has 0 aliphatic carbocycles. The van der Waals surface area contributed by atoms with Gasteiger partial charge in [0.05, 0.1) is 13.2 Å². The zero-order chi connectivity index (χ0) is 18.8. The molecule has 0 aromatic heterocycles. The molecule has 26 heavy (non-hydrogen) atoms. The second-order valence-electron chi connectivity index (χ2n) is 6.12. The average molecular weight is 354 g/mol. The van der Waals surface area contributed by atoms with Crippen molar-refractivity contribution in [2.45, 2.75) is 39.5 Å². The van der Waals surface area contributed by atoms with Crippen molar-refractivity contribution in [1.82, 2.24) is 0 Å². The quantitative estimate of drug-likeness (QED) is 0.320. The summed E-state index contributed by atoms with van der Waals surface area (Å²) in [6, 6.07) is 13.5. The monoisotopic (exact) mass is 354 g/mol. The van der Waals surface area contributed by atoms with E-state index in [4.69, 9.17) is 9.47 Å². The Morgan fingerprint density at radius 1 is 0.731 bits per heavy atom. The smallest absolute Gasteiger partial charge is 0.233 e. The molecule has 0 aliphatic rings. The number of carbonyl (C=O) groups excluding carboxylic acids is 2. The third-order valence-corrected chi connectivity index (χ3v) is 3.93. The summed E-state index contributed by atoms with van der Waals surface area (Å²) in [4.78, 5) is 25.1. The Labute approximate surface area is 155 Å². The number of ketones is 2. The number of ether oxygens (including phenoxy) is 2. The summed E-state index contributed by atoms with van der Waals surface area (Å²) < 4.78 is 11.2. The molecule has 0 saturated carbocycles. The minimum absolute atomic E-state index is 0.335. The zero-order valence-electron chi connectivity index (χ0n) is 15.5. The van der Waals surface area contributed by atoms with Gasteiger partial charge in [-0.05, 0) is 37.1 Å². The SMILES string of the molecule is CCCCOc1cccc(C(=O)C(=O)c2cccc(OCCCC)c2)c1. The van der Waals surface area contributed by atoms with Crippen molar-refractivity contribution < 1.29 is 19.1 Å². The lowest BCUT2D eigenvalue weighted by atomic mass is 10.0. The predicted octanol–water partition coefficient (Wildman–Crippen LogP) is 5.11. The number of carbonyl (C=O) groups is 2. The lowest BCUT2D eigenvalue weighted by Gasteiger charge is -2.08. The van der Waals surface area contributed by atoms with Crippen molar-refractivity contribution in [3.05, 3.63) is 59.7 Å². The molecule has 2 rings (SSSR count). The summed E-state index contributed by atoms with van der Waals surface area (Å²) in [5.41, 5.74) is 0.669. The highest BCUT2D eigenvalue weighted by Gasteiger charge is 2.19. The van der Waals surface area contributed by atoms with Crippen LogP contribution < -0.4 is 9.47 Å². The second kappa shape index (κ2) is 10.4. The number of hydrogen-bond donors (Lipinski definition) is 0. The largest absolute Gasteiger partial charge is 0.494 e. The summed E-state index contributed by atoms with van der Waals surface area (Å²) in [6.07, 6.45) is 3.96. The van der Waals surface area contributed by atoms with E-state index >= 15 is 0 Å². The van der Waals surface area contributed by atoms with Crippen LogP contribution in [0.3, 0.4) is 0 Å². The fourth-order valence-electron chi connectivity index (χ4n) is 2.39. The fraction of sp³-hybridized carbons (Fsp3) is 0.364. The standard InChI is InChI=1S/C22H26O4/c1-3-5-13-25-19-11-7-9-17(15-19)21(23)22(24)18-10-8-12-20(16-18)26-14-6-4-2/h7-12,15-16H,3-6,13-14H2,1-2H3. The molecule has 0 spiro atoms. The Kier molecular flexibility index (Phi) is 7.87. The molecule has 0 heterocycles. The van der Waals surface area contributed by atoms with Crippen LogP contribution in [-0.4, -0.2) is 24.8 Å². The van der Waals surface area contributed by atoms with E-state index in [9.17, 15) is 9.59 Å². The topological polar surface area (TPSA) is 52.6 Å². The van der Waals surface area contributed by atoms with E-state index in [2.05, 4.69) is 13.8 Å². The molecule has 0 unspecified atom stereocenters. The van der Waals surface area contributed by atoms with E-state index in [1.54, 1.807) is 48.5 Å². The van der Waals surface area contributed by atoms with Crippen LogP contribution in [0, 0.1) is 0 Å². The molecule has 2 aromatic carbocycles. The normalized spacial score (nSPS) is 10.4. The highest BCUT2D eigenvalue weighted by molar-refractivity contribution is 6.49. The van der Waals surface area contributed by atoms with E-state index in [-0.39, 0.29) is 0 Å². The molecular weight excluding hydrogens is 328 g/mol. The van der Waals surface area contributed by atoms with Gasteiger partial charge in [-0.2, -0.15) is 0 Å². The Hall–Kier alpha value is -2.62. The molecule has 138 valence electrons. The molecule has 0 amide bonds. The average Bonchev–Trinajstić information content (AvgIpc) is 2.68. The summed E-state index contributed by atoms with van der Waals surface area (Å²) in [5, 5.41) is 0. The Bertz CT molecular complexity index is 673. The number of hydrogen-bond acceptors (Lipinski definition) is 4. The molecular formula is C22H26O4. The van der Waals surface area contributed by atoms with Gasteiger partial charge in [-0.1, -0.05) is 51.0 Å². The Morgan fingerprint density at radius 2 is 1.15 bits per heavy atom. The third kappa shape index (κ3) is 5.73. The molecule has 0 fully saturated rings. The first kappa shape index (κ1) is 19.7. The van der Waals surface area contributed by atoms with Crippen LogP contribution in [0.15, 0.2) is 48.5 Å². The van der Waals surface area contributed by atoms with Crippen LogP contribution in [-0.2, 0) is 0 Å². The first-order valence-corrected chi connectivity index (χ1v) is 9.20. The van der Waals surface area contributed by atoms with E-state index in [0.29, 0.717) is 35.8 Å². The summed E-state index contributed by atoms with van der Waals surface area (Å²) in [5.74, 6) is 0.121. The van der Waals surface area contributed by atoms with Crippen LogP contribution >= 0.6 is 0 Å². The van der Waals surface area contributed by atoms with Crippen molar-refractivity contribution in [3.63, 3.8) is 0 Å². The maximum absolute atomic E-state index is 12.6. The highest BCUT2D eigenvalue weighted by atomic mass is 16.5. The van der Waals surface area contributed by atoms with Crippen LogP contribution in [0.4, 0.5) is 0 Å². The Balaban J connectivity index is 2.08. The molecule has 0 N–H and O–H groups in total. The third-order valence-electron chi connectivity index (χ3n) is 3.93. The van der Waals surface area contributed by atoms with Gasteiger partial charge in [0, 0.05) is 11.1 Å². The van der Waals surface area contributed by atoms with E-state index < -0.39 is 11.6 Å². The summed E-state index contributed by atoms with van der Waals surface area (Å²) in [6.45, 7) is 5.36. The molecule has 0 saturated heterocycles. The first-order valence-electron chi connectivity index (χ1n) is 9.20. The minimum atomic E-state index is -0.545. The van der Waals surface area contributed by atoms with Crippen LogP contribution in [0.5, 0.6) is 11.5 Å². The summed E-state index contributed by atoms with van der Waals surface area (Å²) in [7, 11) is 0. The molecule has 0 aliphatic heterocycles. The van der Waals surface area contributed by atoms with Crippen molar-refractivity contribution in [2.24, 2.45) is 0 Å². The van der Waals surface area contributed by atoms with Gasteiger partial charge < -0.3 is 9.47 Å². The molecule has 0 atom stereocenters. The lowest BCUT2D eigenvalue weighted by molar-refractivity contribution is 0.0816. The zero-order valence-corrected chi connectivity index (χ0v) is 15.5. The number of unbranched alkanes of at least 4 members (excludes halogenated alkanes) is 2. The van der Waals surface area contributed by atoms with Gasteiger partial charge in [-0.3, -0.25) is 9.59 Å². The van der Waals surface area contributed by atoms with Crippen LogP contribution in [0.25, 0.3) is 0 Å². The predicted molar refractivity (Wildman–Crippen MR) is 102 cm³/mol. The van der Waals surface area contributed by atoms with Gasteiger partial charge >= 0.3 is 0 Å². The first-order chi connectivity index (χ1) is 12.7. The minimum Gasteiger partial charge on any atom is -0.494 e. The van der Waals surface area contributed by atoms with E-state index in [1.807, 2.05) is 0 Å². The highest BCUT2D eigenvalue weighted by Crippen LogP contribution is 2.18. The van der Waals surface area contributed by atoms with Gasteiger partial charge in [0.1, 0.15) is 11.5 Å². The second-order valence-corrected chi connectivity index (χ2v) is 6.12. The number of rotatable bonds is 11. The molecule has 4 nitrogen and oxygen atoms in total. The Morgan fingerprint density at radius 3 is 1.54 bits per heavy atom. The number of Topliss-reactive ketones (excluding diaryl/α,β-unsaturated/α-hetero) is 2. The summed E-state index contributed by atoms with van der Waals surface area (Å²) >= 11 is 0. The van der Waals surface area contributed by atoms with E-state index in [0.717, 1.165) is 25.7 Å². The van der Waals surface area contributed by atoms with Crippen LogP contribution in [0.2, 0.25) is 0 Å². The fourth-order valence-corrected chi connectivity index (χ4v) is 2.39. The molecule has 4 heteroatoms. The lowest BCUT2D eigenvalue weighted by Crippen LogP contribution is -2.14. The van der Waals surface area contributed by atoms with Crippen molar-refractivity contribution in [1.29, 1.82) is 0 Å². The maximum atomic E-state index is 12.6. The molecule has 0 radical (unpaired) electrons. The van der Waals surface area contributed by atoms with Gasteiger partial charge in [0.15, 0.2) is 0 Å². The van der Waals surface area contributed by atoms with Gasteiger partial charge in [0.25, 0.3) is 0 Å².